The van der Waals surface area contributed by atoms with Crippen molar-refractivity contribution in [2.24, 2.45) is 0 Å². The third-order valence-corrected chi connectivity index (χ3v) is 4.04. The van der Waals surface area contributed by atoms with Crippen molar-refractivity contribution in [1.82, 2.24) is 0 Å². The van der Waals surface area contributed by atoms with Crippen molar-refractivity contribution in [3.05, 3.63) is 54.6 Å². The van der Waals surface area contributed by atoms with E-state index < -0.39 is 0 Å². The molecule has 0 saturated carbocycles. The lowest BCUT2D eigenvalue weighted by Gasteiger charge is -2.30. The number of carbonyl (C=O) groups is 2. The molecule has 5 nitrogen and oxygen atoms in total. The van der Waals surface area contributed by atoms with Gasteiger partial charge in [0.05, 0.1) is 5.69 Å². The van der Waals surface area contributed by atoms with Gasteiger partial charge in [0.25, 0.3) is 5.91 Å². The number of amides is 2. The molecule has 0 N–H and O–H groups in total. The van der Waals surface area contributed by atoms with Crippen molar-refractivity contribution in [1.29, 1.82) is 0 Å². The Kier molecular flexibility index (Phi) is 4.79. The zero-order chi connectivity index (χ0) is 16.9. The molecule has 0 unspecified atom stereocenters. The summed E-state index contributed by atoms with van der Waals surface area (Å²) in [5.41, 5.74) is 1.60. The molecule has 1 aliphatic heterocycles. The van der Waals surface area contributed by atoms with E-state index in [1.54, 1.807) is 9.80 Å². The number of rotatable bonds is 5. The van der Waals surface area contributed by atoms with Gasteiger partial charge in [0, 0.05) is 25.2 Å². The fourth-order valence-corrected chi connectivity index (χ4v) is 2.85. The van der Waals surface area contributed by atoms with E-state index in [1.165, 1.54) is 0 Å². The summed E-state index contributed by atoms with van der Waals surface area (Å²) in [7, 11) is 0. The van der Waals surface area contributed by atoms with E-state index in [0.29, 0.717) is 18.8 Å². The van der Waals surface area contributed by atoms with Crippen LogP contribution in [0, 0.1) is 0 Å². The summed E-state index contributed by atoms with van der Waals surface area (Å²) in [6.45, 7) is 2.90. The molecule has 0 aliphatic carbocycles. The quantitative estimate of drug-likeness (QED) is 0.850. The van der Waals surface area contributed by atoms with Crippen LogP contribution < -0.4 is 14.5 Å². The van der Waals surface area contributed by atoms with Crippen molar-refractivity contribution < 1.29 is 14.3 Å². The predicted molar refractivity (Wildman–Crippen MR) is 93.4 cm³/mol. The van der Waals surface area contributed by atoms with Crippen molar-refractivity contribution in [3.8, 4) is 5.75 Å². The summed E-state index contributed by atoms with van der Waals surface area (Å²) < 4.78 is 5.42. The van der Waals surface area contributed by atoms with Gasteiger partial charge in [-0.15, -0.1) is 0 Å². The number of fused-ring (bicyclic) bond motifs is 1. The summed E-state index contributed by atoms with van der Waals surface area (Å²) in [6, 6.07) is 17.0. The Morgan fingerprint density at radius 3 is 2.58 bits per heavy atom. The second-order valence-electron chi connectivity index (χ2n) is 5.53. The van der Waals surface area contributed by atoms with Crippen molar-refractivity contribution in [3.63, 3.8) is 0 Å². The first-order valence-corrected chi connectivity index (χ1v) is 8.08. The highest BCUT2D eigenvalue weighted by Gasteiger charge is 2.26. The SMILES string of the molecule is CCN(C(=O)CCN1C(=O)COc2ccccc21)c1ccccc1. The van der Waals surface area contributed by atoms with Gasteiger partial charge in [0.1, 0.15) is 5.75 Å². The number of benzene rings is 2. The fourth-order valence-electron chi connectivity index (χ4n) is 2.85. The van der Waals surface area contributed by atoms with Crippen LogP contribution >= 0.6 is 0 Å². The van der Waals surface area contributed by atoms with E-state index in [-0.39, 0.29) is 24.8 Å². The Morgan fingerprint density at radius 2 is 1.83 bits per heavy atom. The minimum Gasteiger partial charge on any atom is -0.482 e. The lowest BCUT2D eigenvalue weighted by Crippen LogP contribution is -2.41. The zero-order valence-electron chi connectivity index (χ0n) is 13.6. The van der Waals surface area contributed by atoms with E-state index >= 15 is 0 Å². The standard InChI is InChI=1S/C19H20N2O3/c1-2-20(15-8-4-3-5-9-15)18(22)12-13-21-16-10-6-7-11-17(16)24-14-19(21)23/h3-11H,2,12-14H2,1H3. The van der Waals surface area contributed by atoms with Crippen LogP contribution in [0.2, 0.25) is 0 Å². The molecule has 2 aromatic rings. The molecule has 1 aliphatic rings. The van der Waals surface area contributed by atoms with Crippen LogP contribution in [0.5, 0.6) is 5.75 Å². The number of hydrogen-bond acceptors (Lipinski definition) is 3. The monoisotopic (exact) mass is 324 g/mol. The maximum absolute atomic E-state index is 12.6. The van der Waals surface area contributed by atoms with Crippen molar-refractivity contribution in [2.75, 3.05) is 29.5 Å². The average molecular weight is 324 g/mol. The number of ether oxygens (including phenoxy) is 1. The van der Waals surface area contributed by atoms with Gasteiger partial charge < -0.3 is 14.5 Å². The zero-order valence-corrected chi connectivity index (χ0v) is 13.6. The molecule has 0 radical (unpaired) electrons. The van der Waals surface area contributed by atoms with Crippen LogP contribution in [0.4, 0.5) is 11.4 Å². The highest BCUT2D eigenvalue weighted by Crippen LogP contribution is 2.31. The minimum atomic E-state index is -0.121. The van der Waals surface area contributed by atoms with Gasteiger partial charge in [-0.3, -0.25) is 9.59 Å². The molecule has 0 fully saturated rings. The van der Waals surface area contributed by atoms with Crippen LogP contribution in [0.3, 0.4) is 0 Å². The molecule has 0 aromatic heterocycles. The first kappa shape index (κ1) is 16.1. The first-order chi connectivity index (χ1) is 11.7. The summed E-state index contributed by atoms with van der Waals surface area (Å²) in [5.74, 6) is 0.560. The molecule has 0 atom stereocenters. The Hall–Kier alpha value is -2.82. The maximum Gasteiger partial charge on any atom is 0.265 e. The van der Waals surface area contributed by atoms with E-state index in [2.05, 4.69) is 0 Å². The molecular formula is C19H20N2O3. The van der Waals surface area contributed by atoms with E-state index in [1.807, 2.05) is 61.5 Å². The van der Waals surface area contributed by atoms with Crippen LogP contribution in [0.1, 0.15) is 13.3 Å². The molecule has 3 rings (SSSR count). The molecule has 2 aromatic carbocycles. The largest absolute Gasteiger partial charge is 0.482 e. The summed E-state index contributed by atoms with van der Waals surface area (Å²) >= 11 is 0. The minimum absolute atomic E-state index is 0.000438. The van der Waals surface area contributed by atoms with E-state index in [4.69, 9.17) is 4.74 Å². The highest BCUT2D eigenvalue weighted by atomic mass is 16.5. The predicted octanol–water partition coefficient (Wildman–Crippen LogP) is 2.86. The molecule has 0 bridgehead atoms. The van der Waals surface area contributed by atoms with Crippen LogP contribution in [0.15, 0.2) is 54.6 Å². The van der Waals surface area contributed by atoms with E-state index in [0.717, 1.165) is 11.4 Å². The third-order valence-electron chi connectivity index (χ3n) is 4.04. The second kappa shape index (κ2) is 7.17. The van der Waals surface area contributed by atoms with Crippen LogP contribution in [-0.2, 0) is 9.59 Å². The lowest BCUT2D eigenvalue weighted by atomic mass is 10.2. The maximum atomic E-state index is 12.6. The van der Waals surface area contributed by atoms with Gasteiger partial charge in [0.2, 0.25) is 5.91 Å². The van der Waals surface area contributed by atoms with Gasteiger partial charge in [0.15, 0.2) is 6.61 Å². The van der Waals surface area contributed by atoms with Crippen LogP contribution in [-0.4, -0.2) is 31.5 Å². The number of hydrogen-bond donors (Lipinski definition) is 0. The third kappa shape index (κ3) is 3.25. The fraction of sp³-hybridized carbons (Fsp3) is 0.263. The average Bonchev–Trinajstić information content (AvgIpc) is 2.62. The highest BCUT2D eigenvalue weighted by molar-refractivity contribution is 5.99. The summed E-state index contributed by atoms with van der Waals surface area (Å²) in [6.07, 6.45) is 0.267. The first-order valence-electron chi connectivity index (χ1n) is 8.08. The van der Waals surface area contributed by atoms with Gasteiger partial charge >= 0.3 is 0 Å². The van der Waals surface area contributed by atoms with Gasteiger partial charge in [-0.05, 0) is 31.2 Å². The van der Waals surface area contributed by atoms with Gasteiger partial charge in [-0.25, -0.2) is 0 Å². The molecular weight excluding hydrogens is 304 g/mol. The molecule has 5 heteroatoms. The lowest BCUT2D eigenvalue weighted by molar-refractivity contribution is -0.121. The molecule has 124 valence electrons. The van der Waals surface area contributed by atoms with Crippen molar-refractivity contribution in [2.45, 2.75) is 13.3 Å². The molecule has 2 amide bonds. The summed E-state index contributed by atoms with van der Waals surface area (Å²) in [4.78, 5) is 28.1. The number of anilines is 2. The van der Waals surface area contributed by atoms with Gasteiger partial charge in [-0.1, -0.05) is 30.3 Å². The molecule has 1 heterocycles. The second-order valence-corrected chi connectivity index (χ2v) is 5.53. The normalized spacial score (nSPS) is 13.2. The smallest absolute Gasteiger partial charge is 0.265 e. The van der Waals surface area contributed by atoms with E-state index in [9.17, 15) is 9.59 Å². The Morgan fingerprint density at radius 1 is 1.12 bits per heavy atom. The van der Waals surface area contributed by atoms with Gasteiger partial charge in [-0.2, -0.15) is 0 Å². The molecule has 0 saturated heterocycles. The topological polar surface area (TPSA) is 49.9 Å². The number of nitrogens with zero attached hydrogens (tertiary/aromatic N) is 2. The number of para-hydroxylation sites is 3. The Bertz CT molecular complexity index is 730. The van der Waals surface area contributed by atoms with Crippen molar-refractivity contribution >= 4 is 23.2 Å². The Balaban J connectivity index is 1.71. The number of carbonyl (C=O) groups excluding carboxylic acids is 2. The van der Waals surface area contributed by atoms with Crippen LogP contribution in [0.25, 0.3) is 0 Å². The molecule has 0 spiro atoms. The molecule has 24 heavy (non-hydrogen) atoms. The Labute approximate surface area is 141 Å². The summed E-state index contributed by atoms with van der Waals surface area (Å²) in [5, 5.41) is 0.